The average Bonchev–Trinajstić information content (AvgIpc) is 2.32. The molecule has 0 radical (unpaired) electrons. The van der Waals surface area contributed by atoms with E-state index in [1.165, 1.54) is 0 Å². The summed E-state index contributed by atoms with van der Waals surface area (Å²) >= 11 is 0. The van der Waals surface area contributed by atoms with Crippen molar-refractivity contribution in [3.05, 3.63) is 53.6 Å². The Labute approximate surface area is 100 Å². The molecule has 1 atom stereocenters. The molecule has 88 valence electrons. The van der Waals surface area contributed by atoms with Gasteiger partial charge >= 0.3 is 0 Å². The van der Waals surface area contributed by atoms with Gasteiger partial charge < -0.3 is 22.9 Å². The number of nitrogens with two attached hydrogens (primary N) is 4. The summed E-state index contributed by atoms with van der Waals surface area (Å²) in [5, 5.41) is 0. The minimum absolute atomic E-state index is 0.361. The summed E-state index contributed by atoms with van der Waals surface area (Å²) < 4.78 is 0. The summed E-state index contributed by atoms with van der Waals surface area (Å²) in [6.07, 6.45) is 0. The van der Waals surface area contributed by atoms with E-state index in [4.69, 9.17) is 22.9 Å². The molecule has 0 amide bonds. The molecule has 17 heavy (non-hydrogen) atoms. The van der Waals surface area contributed by atoms with Crippen LogP contribution in [0.15, 0.2) is 42.5 Å². The van der Waals surface area contributed by atoms with E-state index in [-0.39, 0.29) is 6.04 Å². The number of nitrogen functional groups attached to an aromatic ring is 3. The van der Waals surface area contributed by atoms with Crippen molar-refractivity contribution in [2.75, 3.05) is 17.2 Å². The van der Waals surface area contributed by atoms with E-state index >= 15 is 0 Å². The lowest BCUT2D eigenvalue weighted by Gasteiger charge is -2.17. The Bertz CT molecular complexity index is 537. The van der Waals surface area contributed by atoms with Crippen LogP contribution in [0, 0.1) is 0 Å². The van der Waals surface area contributed by atoms with Gasteiger partial charge in [-0.3, -0.25) is 0 Å². The molecule has 0 spiro atoms. The van der Waals surface area contributed by atoms with Crippen LogP contribution in [0.25, 0.3) is 0 Å². The third kappa shape index (κ3) is 2.16. The monoisotopic (exact) mass is 228 g/mol. The van der Waals surface area contributed by atoms with Crippen LogP contribution in [0.2, 0.25) is 0 Å². The molecule has 8 N–H and O–H groups in total. The Kier molecular flexibility index (Phi) is 2.89. The predicted molar refractivity (Wildman–Crippen MR) is 72.2 cm³/mol. The molecular formula is C13H16N4. The smallest absolute Gasteiger partial charge is 0.0593 e. The molecule has 2 aromatic carbocycles. The highest BCUT2D eigenvalue weighted by Crippen LogP contribution is 2.29. The van der Waals surface area contributed by atoms with Gasteiger partial charge in [0.25, 0.3) is 0 Å². The zero-order valence-electron chi connectivity index (χ0n) is 9.43. The second-order valence-corrected chi connectivity index (χ2v) is 3.99. The van der Waals surface area contributed by atoms with Crippen molar-refractivity contribution in [1.82, 2.24) is 0 Å². The van der Waals surface area contributed by atoms with Gasteiger partial charge in [0.1, 0.15) is 0 Å². The van der Waals surface area contributed by atoms with Crippen LogP contribution in [-0.2, 0) is 0 Å². The molecule has 4 nitrogen and oxygen atoms in total. The topological polar surface area (TPSA) is 104 Å². The van der Waals surface area contributed by atoms with Crippen molar-refractivity contribution in [2.24, 2.45) is 5.73 Å². The fourth-order valence-corrected chi connectivity index (χ4v) is 1.82. The van der Waals surface area contributed by atoms with Gasteiger partial charge in [-0.15, -0.1) is 0 Å². The van der Waals surface area contributed by atoms with Crippen LogP contribution in [0.1, 0.15) is 17.2 Å². The summed E-state index contributed by atoms with van der Waals surface area (Å²) in [7, 11) is 0. The molecule has 1 unspecified atom stereocenters. The van der Waals surface area contributed by atoms with Crippen molar-refractivity contribution >= 4 is 17.1 Å². The lowest BCUT2D eigenvalue weighted by atomic mass is 9.96. The summed E-state index contributed by atoms with van der Waals surface area (Å²) in [6, 6.07) is 12.4. The minimum atomic E-state index is -0.361. The van der Waals surface area contributed by atoms with E-state index in [1.807, 2.05) is 24.3 Å². The van der Waals surface area contributed by atoms with E-state index in [2.05, 4.69) is 0 Å². The van der Waals surface area contributed by atoms with Crippen LogP contribution in [0.4, 0.5) is 17.1 Å². The highest BCUT2D eigenvalue weighted by atomic mass is 14.7. The second kappa shape index (κ2) is 4.35. The molecular weight excluding hydrogens is 212 g/mol. The lowest BCUT2D eigenvalue weighted by Crippen LogP contribution is -2.15. The first-order valence-corrected chi connectivity index (χ1v) is 5.34. The van der Waals surface area contributed by atoms with Gasteiger partial charge in [0.2, 0.25) is 0 Å². The van der Waals surface area contributed by atoms with Crippen LogP contribution < -0.4 is 22.9 Å². The third-order valence-electron chi connectivity index (χ3n) is 2.78. The molecule has 4 heteroatoms. The van der Waals surface area contributed by atoms with Crippen molar-refractivity contribution in [2.45, 2.75) is 6.04 Å². The molecule has 2 rings (SSSR count). The van der Waals surface area contributed by atoms with E-state index in [0.29, 0.717) is 17.1 Å². The van der Waals surface area contributed by atoms with Crippen LogP contribution in [-0.4, -0.2) is 0 Å². The summed E-state index contributed by atoms with van der Waals surface area (Å²) in [5.41, 5.74) is 27.3. The normalized spacial score (nSPS) is 12.3. The van der Waals surface area contributed by atoms with Gasteiger partial charge in [-0.25, -0.2) is 0 Å². The van der Waals surface area contributed by atoms with Gasteiger partial charge in [0.15, 0.2) is 0 Å². The Hall–Kier alpha value is -2.20. The fourth-order valence-electron chi connectivity index (χ4n) is 1.82. The molecule has 0 aliphatic carbocycles. The van der Waals surface area contributed by atoms with Crippen molar-refractivity contribution in [1.29, 1.82) is 0 Å². The molecule has 2 aromatic rings. The average molecular weight is 228 g/mol. The number of benzene rings is 2. The number of rotatable bonds is 2. The van der Waals surface area contributed by atoms with E-state index in [1.54, 1.807) is 18.2 Å². The summed E-state index contributed by atoms with van der Waals surface area (Å²) in [5.74, 6) is 0. The maximum absolute atomic E-state index is 6.17. The van der Waals surface area contributed by atoms with Gasteiger partial charge in [-0.2, -0.15) is 0 Å². The molecule has 0 fully saturated rings. The van der Waals surface area contributed by atoms with Crippen LogP contribution >= 0.6 is 0 Å². The Balaban J connectivity index is 2.47. The molecule has 0 heterocycles. The first kappa shape index (κ1) is 11.3. The Morgan fingerprint density at radius 3 is 2.12 bits per heavy atom. The first-order valence-electron chi connectivity index (χ1n) is 5.34. The zero-order valence-corrected chi connectivity index (χ0v) is 9.43. The van der Waals surface area contributed by atoms with Crippen molar-refractivity contribution < 1.29 is 0 Å². The van der Waals surface area contributed by atoms with Crippen LogP contribution in [0.3, 0.4) is 0 Å². The maximum Gasteiger partial charge on any atom is 0.0593 e. The Morgan fingerprint density at radius 2 is 1.41 bits per heavy atom. The lowest BCUT2D eigenvalue weighted by molar-refractivity contribution is 0.878. The minimum Gasteiger partial charge on any atom is -0.399 e. The van der Waals surface area contributed by atoms with Gasteiger partial charge in [0, 0.05) is 17.1 Å². The summed E-state index contributed by atoms with van der Waals surface area (Å²) in [6.45, 7) is 0. The molecule has 0 bridgehead atoms. The largest absolute Gasteiger partial charge is 0.399 e. The quantitative estimate of drug-likeness (QED) is 0.584. The molecule has 0 aliphatic rings. The van der Waals surface area contributed by atoms with E-state index < -0.39 is 0 Å². The molecule has 0 aliphatic heterocycles. The third-order valence-corrected chi connectivity index (χ3v) is 2.78. The number of anilines is 3. The molecule has 0 saturated carbocycles. The van der Waals surface area contributed by atoms with Gasteiger partial charge in [-0.05, 0) is 35.4 Å². The van der Waals surface area contributed by atoms with Crippen molar-refractivity contribution in [3.63, 3.8) is 0 Å². The van der Waals surface area contributed by atoms with Gasteiger partial charge in [-0.1, -0.05) is 18.2 Å². The van der Waals surface area contributed by atoms with E-state index in [0.717, 1.165) is 11.1 Å². The zero-order chi connectivity index (χ0) is 12.4. The fraction of sp³-hybridized carbons (Fsp3) is 0.0769. The second-order valence-electron chi connectivity index (χ2n) is 3.99. The van der Waals surface area contributed by atoms with Crippen molar-refractivity contribution in [3.8, 4) is 0 Å². The van der Waals surface area contributed by atoms with Crippen LogP contribution in [0.5, 0.6) is 0 Å². The van der Waals surface area contributed by atoms with Gasteiger partial charge in [0.05, 0.1) is 6.04 Å². The maximum atomic E-state index is 6.17. The standard InChI is InChI=1S/C13H16N4/c14-8-5-6-12(16)10(7-8)13(17)9-3-1-2-4-11(9)15/h1-7,13H,14-17H2. The van der Waals surface area contributed by atoms with E-state index in [9.17, 15) is 0 Å². The Morgan fingerprint density at radius 1 is 0.765 bits per heavy atom. The predicted octanol–water partition coefficient (Wildman–Crippen LogP) is 1.48. The molecule has 0 aromatic heterocycles. The molecule has 0 saturated heterocycles. The highest BCUT2D eigenvalue weighted by molar-refractivity contribution is 5.61. The first-order chi connectivity index (χ1) is 8.09. The number of hydrogen-bond donors (Lipinski definition) is 4. The number of para-hydroxylation sites is 1. The highest BCUT2D eigenvalue weighted by Gasteiger charge is 2.14. The number of hydrogen-bond acceptors (Lipinski definition) is 4. The summed E-state index contributed by atoms with van der Waals surface area (Å²) in [4.78, 5) is 0. The SMILES string of the molecule is Nc1ccc(N)c(C(N)c2ccccc2N)c1.